The van der Waals surface area contributed by atoms with Crippen molar-refractivity contribution < 1.29 is 0 Å². The van der Waals surface area contributed by atoms with Gasteiger partial charge in [0.05, 0.1) is 0 Å². The number of hydrogen-bond acceptors (Lipinski definition) is 0. The van der Waals surface area contributed by atoms with E-state index in [1.54, 1.807) is 0 Å². The van der Waals surface area contributed by atoms with Gasteiger partial charge in [-0.15, -0.1) is 0 Å². The molecule has 0 spiro atoms. The van der Waals surface area contributed by atoms with Gasteiger partial charge >= 0.3 is 0 Å². The highest BCUT2D eigenvalue weighted by Crippen LogP contribution is 2.22. The van der Waals surface area contributed by atoms with Crippen molar-refractivity contribution >= 4 is 0 Å². The summed E-state index contributed by atoms with van der Waals surface area (Å²) < 4.78 is 0. The molecule has 0 aliphatic rings. The van der Waals surface area contributed by atoms with Crippen LogP contribution >= 0.6 is 0 Å². The Kier molecular flexibility index (Phi) is 7.93. The van der Waals surface area contributed by atoms with Gasteiger partial charge in [-0.2, -0.15) is 0 Å². The molecule has 0 fully saturated rings. The van der Waals surface area contributed by atoms with Gasteiger partial charge in [0.15, 0.2) is 0 Å². The molecule has 0 aliphatic heterocycles. The van der Waals surface area contributed by atoms with Gasteiger partial charge in [0, 0.05) is 0 Å². The summed E-state index contributed by atoms with van der Waals surface area (Å²) in [5, 5.41) is 0. The molecule has 0 heterocycles. The molecule has 3 unspecified atom stereocenters. The predicted molar refractivity (Wildman–Crippen MR) is 66.4 cm³/mol. The fourth-order valence-electron chi connectivity index (χ4n) is 2.44. The quantitative estimate of drug-likeness (QED) is 0.500. The fourth-order valence-corrected chi connectivity index (χ4v) is 2.44. The minimum Gasteiger partial charge on any atom is -0.0914 e. The third kappa shape index (κ3) is 7.17. The van der Waals surface area contributed by atoms with Gasteiger partial charge in [0.2, 0.25) is 0 Å². The van der Waals surface area contributed by atoms with Crippen molar-refractivity contribution in [2.75, 3.05) is 0 Å². The Balaban J connectivity index is 3.68. The molecular weight excluding hydrogens is 168 g/mol. The summed E-state index contributed by atoms with van der Waals surface area (Å²) in [6.45, 7) is 11.5. The van der Waals surface area contributed by atoms with Crippen LogP contribution in [0.2, 0.25) is 0 Å². The summed E-state index contributed by atoms with van der Waals surface area (Å²) in [5.74, 6) is 2.54. The van der Waals surface area contributed by atoms with E-state index >= 15 is 0 Å². The van der Waals surface area contributed by atoms with E-state index in [0.717, 1.165) is 17.8 Å². The second-order valence-electron chi connectivity index (χ2n) is 4.97. The Hall–Kier alpha value is -0.260. The van der Waals surface area contributed by atoms with Crippen LogP contribution in [0, 0.1) is 17.8 Å². The van der Waals surface area contributed by atoms with Gasteiger partial charge in [0.1, 0.15) is 0 Å². The molecule has 0 aliphatic carbocycles. The second kappa shape index (κ2) is 8.08. The average Bonchev–Trinajstić information content (AvgIpc) is 2.03. The summed E-state index contributed by atoms with van der Waals surface area (Å²) in [4.78, 5) is 0. The van der Waals surface area contributed by atoms with E-state index < -0.39 is 0 Å². The maximum atomic E-state index is 2.40. The highest BCUT2D eigenvalue weighted by molar-refractivity contribution is 4.83. The van der Waals surface area contributed by atoms with E-state index in [2.05, 4.69) is 46.8 Å². The van der Waals surface area contributed by atoms with E-state index in [1.807, 2.05) is 0 Å². The first-order chi connectivity index (χ1) is 6.60. The first-order valence-electron chi connectivity index (χ1n) is 6.22. The van der Waals surface area contributed by atoms with E-state index in [0.29, 0.717) is 0 Å². The van der Waals surface area contributed by atoms with Crippen molar-refractivity contribution in [1.82, 2.24) is 0 Å². The largest absolute Gasteiger partial charge is 0.0914 e. The molecule has 14 heavy (non-hydrogen) atoms. The summed E-state index contributed by atoms with van der Waals surface area (Å²) in [6.07, 6.45) is 9.96. The van der Waals surface area contributed by atoms with Crippen LogP contribution in [0.3, 0.4) is 0 Å². The standard InChI is InChI=1S/C14H28/c1-6-8-12(3)10-14(5)11-13(4)9-7-2/h6,8,12-14H,7,9-11H2,1-5H3. The Bertz CT molecular complexity index is 146. The summed E-state index contributed by atoms with van der Waals surface area (Å²) in [7, 11) is 0. The molecule has 0 saturated heterocycles. The minimum atomic E-state index is 0.754. The molecule has 0 nitrogen and oxygen atoms in total. The molecule has 0 amide bonds. The zero-order valence-corrected chi connectivity index (χ0v) is 10.7. The molecule has 0 heteroatoms. The maximum Gasteiger partial charge on any atom is -0.0260 e. The van der Waals surface area contributed by atoms with Gasteiger partial charge in [-0.25, -0.2) is 0 Å². The van der Waals surface area contributed by atoms with Crippen LogP contribution in [0.4, 0.5) is 0 Å². The van der Waals surface area contributed by atoms with Gasteiger partial charge in [-0.3, -0.25) is 0 Å². The Morgan fingerprint density at radius 1 is 1.00 bits per heavy atom. The first-order valence-corrected chi connectivity index (χ1v) is 6.22. The van der Waals surface area contributed by atoms with Crippen LogP contribution in [-0.4, -0.2) is 0 Å². The summed E-state index contributed by atoms with van der Waals surface area (Å²) >= 11 is 0. The topological polar surface area (TPSA) is 0 Å². The predicted octanol–water partition coefficient (Wildman–Crippen LogP) is 5.05. The van der Waals surface area contributed by atoms with Crippen LogP contribution < -0.4 is 0 Å². The lowest BCUT2D eigenvalue weighted by atomic mass is 9.88. The molecule has 0 aromatic rings. The van der Waals surface area contributed by atoms with Crippen LogP contribution in [0.5, 0.6) is 0 Å². The Morgan fingerprint density at radius 3 is 2.14 bits per heavy atom. The van der Waals surface area contributed by atoms with E-state index in [-0.39, 0.29) is 0 Å². The van der Waals surface area contributed by atoms with E-state index in [4.69, 9.17) is 0 Å². The molecule has 0 radical (unpaired) electrons. The molecule has 3 atom stereocenters. The van der Waals surface area contributed by atoms with Gasteiger partial charge < -0.3 is 0 Å². The molecule has 0 rings (SSSR count). The molecule has 0 bridgehead atoms. The van der Waals surface area contributed by atoms with Gasteiger partial charge in [0.25, 0.3) is 0 Å². The summed E-state index contributed by atoms with van der Waals surface area (Å²) in [6, 6.07) is 0. The van der Waals surface area contributed by atoms with Crippen molar-refractivity contribution in [2.45, 2.75) is 60.3 Å². The van der Waals surface area contributed by atoms with Crippen LogP contribution in [0.1, 0.15) is 60.3 Å². The van der Waals surface area contributed by atoms with Crippen LogP contribution in [0.25, 0.3) is 0 Å². The van der Waals surface area contributed by atoms with E-state index in [9.17, 15) is 0 Å². The van der Waals surface area contributed by atoms with Crippen molar-refractivity contribution in [2.24, 2.45) is 17.8 Å². The Labute approximate surface area is 90.8 Å². The molecular formula is C14H28. The van der Waals surface area contributed by atoms with Crippen LogP contribution in [0.15, 0.2) is 12.2 Å². The normalized spacial score (nSPS) is 18.4. The van der Waals surface area contributed by atoms with Crippen molar-refractivity contribution in [3.63, 3.8) is 0 Å². The molecule has 0 aromatic heterocycles. The monoisotopic (exact) mass is 196 g/mol. The van der Waals surface area contributed by atoms with Crippen molar-refractivity contribution in [1.29, 1.82) is 0 Å². The number of allylic oxidation sites excluding steroid dienone is 2. The lowest BCUT2D eigenvalue weighted by molar-refractivity contribution is 0.353. The third-order valence-electron chi connectivity index (χ3n) is 2.88. The second-order valence-corrected chi connectivity index (χ2v) is 4.97. The highest BCUT2D eigenvalue weighted by atomic mass is 14.2. The first kappa shape index (κ1) is 13.7. The van der Waals surface area contributed by atoms with E-state index in [1.165, 1.54) is 25.7 Å². The van der Waals surface area contributed by atoms with Gasteiger partial charge in [-0.05, 0) is 37.5 Å². The summed E-state index contributed by atoms with van der Waals surface area (Å²) in [5.41, 5.74) is 0. The zero-order chi connectivity index (χ0) is 11.0. The molecule has 0 saturated carbocycles. The Morgan fingerprint density at radius 2 is 1.64 bits per heavy atom. The maximum absolute atomic E-state index is 2.40. The SMILES string of the molecule is CC=CC(C)CC(C)CC(C)CCC. The van der Waals surface area contributed by atoms with Gasteiger partial charge in [-0.1, -0.05) is 52.7 Å². The fraction of sp³-hybridized carbons (Fsp3) is 0.857. The zero-order valence-electron chi connectivity index (χ0n) is 10.7. The molecule has 0 aromatic carbocycles. The highest BCUT2D eigenvalue weighted by Gasteiger charge is 2.10. The number of hydrogen-bond donors (Lipinski definition) is 0. The smallest absolute Gasteiger partial charge is 0.0260 e. The average molecular weight is 196 g/mol. The minimum absolute atomic E-state index is 0.754. The van der Waals surface area contributed by atoms with Crippen LogP contribution in [-0.2, 0) is 0 Å². The third-order valence-corrected chi connectivity index (χ3v) is 2.88. The lowest BCUT2D eigenvalue weighted by Crippen LogP contribution is -2.06. The van der Waals surface area contributed by atoms with Crippen molar-refractivity contribution in [3.8, 4) is 0 Å². The number of rotatable bonds is 7. The molecule has 84 valence electrons. The molecule has 0 N–H and O–H groups in total. The van der Waals surface area contributed by atoms with Crippen molar-refractivity contribution in [3.05, 3.63) is 12.2 Å². The lowest BCUT2D eigenvalue weighted by Gasteiger charge is -2.18.